The van der Waals surface area contributed by atoms with Crippen molar-refractivity contribution in [2.75, 3.05) is 34.0 Å². The molecule has 1 N–H and O–H groups in total. The number of benzene rings is 2. The molecule has 0 spiro atoms. The van der Waals surface area contributed by atoms with E-state index in [1.807, 2.05) is 18.2 Å². The Hall–Kier alpha value is -3.26. The fourth-order valence-electron chi connectivity index (χ4n) is 4.18. The Kier molecular flexibility index (Phi) is 6.97. The Morgan fingerprint density at radius 1 is 1.03 bits per heavy atom. The second kappa shape index (κ2) is 9.93. The van der Waals surface area contributed by atoms with Crippen molar-refractivity contribution < 1.29 is 33.3 Å². The van der Waals surface area contributed by atoms with Crippen LogP contribution in [-0.2, 0) is 20.8 Å². The van der Waals surface area contributed by atoms with Crippen molar-refractivity contribution >= 4 is 11.9 Å². The second-order valence-corrected chi connectivity index (χ2v) is 9.08. The molecule has 34 heavy (non-hydrogen) atoms. The zero-order valence-electron chi connectivity index (χ0n) is 20.1. The molecule has 0 unspecified atom stereocenters. The highest BCUT2D eigenvalue weighted by molar-refractivity contribution is 6.01. The quantitative estimate of drug-likeness (QED) is 0.589. The van der Waals surface area contributed by atoms with Crippen LogP contribution >= 0.6 is 0 Å². The van der Waals surface area contributed by atoms with E-state index in [9.17, 15) is 9.59 Å². The number of methoxy groups -OCH3 is 2. The van der Waals surface area contributed by atoms with Gasteiger partial charge >= 0.3 is 5.97 Å². The molecule has 0 bridgehead atoms. The predicted octanol–water partition coefficient (Wildman–Crippen LogP) is 3.74. The highest BCUT2D eigenvalue weighted by atomic mass is 16.6. The maximum Gasteiger partial charge on any atom is 0.315 e. The van der Waals surface area contributed by atoms with E-state index in [1.54, 1.807) is 40.2 Å². The van der Waals surface area contributed by atoms with Gasteiger partial charge < -0.3 is 29.0 Å². The van der Waals surface area contributed by atoms with Gasteiger partial charge in [-0.1, -0.05) is 12.1 Å². The molecule has 2 aliphatic heterocycles. The van der Waals surface area contributed by atoms with Crippen LogP contribution in [0.4, 0.5) is 0 Å². The zero-order valence-corrected chi connectivity index (χ0v) is 20.1. The average Bonchev–Trinajstić information content (AvgIpc) is 3.23. The molecule has 0 radical (unpaired) electrons. The number of carbonyl (C=O) groups is 2. The Bertz CT molecular complexity index is 1070. The molecule has 4 rings (SSSR count). The highest BCUT2D eigenvalue weighted by Gasteiger charge is 2.34. The molecule has 182 valence electrons. The first-order valence-corrected chi connectivity index (χ1v) is 11.4. The molecule has 2 aromatic carbocycles. The van der Waals surface area contributed by atoms with Gasteiger partial charge in [0.25, 0.3) is 5.91 Å². The molecule has 0 aliphatic carbocycles. The van der Waals surface area contributed by atoms with Crippen molar-refractivity contribution in [3.8, 4) is 28.4 Å². The molecule has 2 aliphatic rings. The molecule has 1 amide bonds. The van der Waals surface area contributed by atoms with Crippen LogP contribution in [0, 0.1) is 5.41 Å². The molecule has 8 nitrogen and oxygen atoms in total. The van der Waals surface area contributed by atoms with Crippen molar-refractivity contribution in [3.63, 3.8) is 0 Å². The SMILES string of the molecule is COc1ccc(-c2cccc3c2CNC3=O)c(OCC(C)(C)C(=O)OC2CCOCC2)c1OC. The first kappa shape index (κ1) is 23.9. The lowest BCUT2D eigenvalue weighted by molar-refractivity contribution is -0.165. The van der Waals surface area contributed by atoms with Gasteiger partial charge in [-0.2, -0.15) is 0 Å². The number of nitrogens with one attached hydrogen (secondary N) is 1. The molecule has 0 saturated carbocycles. The largest absolute Gasteiger partial charge is 0.493 e. The van der Waals surface area contributed by atoms with Crippen LogP contribution in [0.25, 0.3) is 11.1 Å². The normalized spacial score (nSPS) is 15.9. The zero-order chi connectivity index (χ0) is 24.3. The van der Waals surface area contributed by atoms with Crippen LogP contribution in [0.5, 0.6) is 17.2 Å². The smallest absolute Gasteiger partial charge is 0.315 e. The van der Waals surface area contributed by atoms with Crippen LogP contribution < -0.4 is 19.5 Å². The van der Waals surface area contributed by atoms with E-state index in [0.717, 1.165) is 16.7 Å². The summed E-state index contributed by atoms with van der Waals surface area (Å²) in [5.41, 5.74) is 2.23. The predicted molar refractivity (Wildman–Crippen MR) is 125 cm³/mol. The number of amides is 1. The lowest BCUT2D eigenvalue weighted by atomic mass is 9.94. The summed E-state index contributed by atoms with van der Waals surface area (Å²) >= 11 is 0. The number of fused-ring (bicyclic) bond motifs is 1. The number of esters is 1. The first-order chi connectivity index (χ1) is 16.4. The van der Waals surface area contributed by atoms with Gasteiger partial charge in [0.15, 0.2) is 11.5 Å². The van der Waals surface area contributed by atoms with E-state index in [0.29, 0.717) is 55.4 Å². The molecule has 2 heterocycles. The van der Waals surface area contributed by atoms with Gasteiger partial charge in [0, 0.05) is 30.5 Å². The first-order valence-electron chi connectivity index (χ1n) is 11.4. The van der Waals surface area contributed by atoms with Crippen LogP contribution in [0.2, 0.25) is 0 Å². The molecular formula is C26H31NO7. The van der Waals surface area contributed by atoms with Crippen molar-refractivity contribution in [2.45, 2.75) is 39.3 Å². The molecule has 0 atom stereocenters. The minimum absolute atomic E-state index is 0.0672. The van der Waals surface area contributed by atoms with E-state index in [-0.39, 0.29) is 24.6 Å². The van der Waals surface area contributed by atoms with E-state index in [2.05, 4.69) is 5.32 Å². The van der Waals surface area contributed by atoms with Gasteiger partial charge in [-0.3, -0.25) is 9.59 Å². The third kappa shape index (κ3) is 4.68. The van der Waals surface area contributed by atoms with E-state index >= 15 is 0 Å². The summed E-state index contributed by atoms with van der Waals surface area (Å²) in [4.78, 5) is 25.1. The third-order valence-corrected chi connectivity index (χ3v) is 6.21. The van der Waals surface area contributed by atoms with Crippen molar-refractivity contribution in [3.05, 3.63) is 41.5 Å². The fourth-order valence-corrected chi connectivity index (χ4v) is 4.18. The number of ether oxygens (including phenoxy) is 5. The summed E-state index contributed by atoms with van der Waals surface area (Å²) in [7, 11) is 3.10. The topological polar surface area (TPSA) is 92.3 Å². The lowest BCUT2D eigenvalue weighted by Gasteiger charge is -2.29. The van der Waals surface area contributed by atoms with Crippen LogP contribution in [0.1, 0.15) is 42.6 Å². The third-order valence-electron chi connectivity index (χ3n) is 6.21. The van der Waals surface area contributed by atoms with Crippen molar-refractivity contribution in [1.82, 2.24) is 5.32 Å². The van der Waals surface area contributed by atoms with Gasteiger partial charge in [-0.25, -0.2) is 0 Å². The van der Waals surface area contributed by atoms with E-state index in [1.165, 1.54) is 0 Å². The van der Waals surface area contributed by atoms with Crippen LogP contribution in [0.15, 0.2) is 30.3 Å². The maximum atomic E-state index is 12.9. The Balaban J connectivity index is 1.64. The van der Waals surface area contributed by atoms with Crippen LogP contribution in [0.3, 0.4) is 0 Å². The summed E-state index contributed by atoms with van der Waals surface area (Å²) in [6.45, 7) is 5.28. The summed E-state index contributed by atoms with van der Waals surface area (Å²) in [6, 6.07) is 9.27. The second-order valence-electron chi connectivity index (χ2n) is 9.08. The van der Waals surface area contributed by atoms with Gasteiger partial charge in [-0.05, 0) is 43.2 Å². The summed E-state index contributed by atoms with van der Waals surface area (Å²) in [6.07, 6.45) is 1.25. The number of hydrogen-bond donors (Lipinski definition) is 1. The maximum absolute atomic E-state index is 12.9. The summed E-state index contributed by atoms with van der Waals surface area (Å²) in [5, 5.41) is 2.87. The highest BCUT2D eigenvalue weighted by Crippen LogP contribution is 2.46. The van der Waals surface area contributed by atoms with E-state index < -0.39 is 5.41 Å². The molecular weight excluding hydrogens is 438 g/mol. The standard InChI is InChI=1S/C26H31NO7/c1-26(2,25(29)34-16-10-12-32-13-11-16)15-33-22-18(8-9-21(30-3)23(22)31-4)17-6-5-7-19-20(17)14-27-24(19)28/h5-9,16H,10-15H2,1-4H3,(H,27,28). The molecule has 1 fully saturated rings. The van der Waals surface area contributed by atoms with Gasteiger partial charge in [0.2, 0.25) is 5.75 Å². The average molecular weight is 470 g/mol. The Morgan fingerprint density at radius 2 is 1.76 bits per heavy atom. The molecule has 0 aromatic heterocycles. The van der Waals surface area contributed by atoms with Crippen molar-refractivity contribution in [2.24, 2.45) is 5.41 Å². The molecule has 2 aromatic rings. The van der Waals surface area contributed by atoms with E-state index in [4.69, 9.17) is 23.7 Å². The minimum Gasteiger partial charge on any atom is -0.493 e. The number of hydrogen-bond acceptors (Lipinski definition) is 7. The van der Waals surface area contributed by atoms with Crippen LogP contribution in [-0.4, -0.2) is 52.0 Å². The van der Waals surface area contributed by atoms with Gasteiger partial charge in [0.1, 0.15) is 12.7 Å². The number of rotatable bonds is 8. The fraction of sp³-hybridized carbons (Fsp3) is 0.462. The minimum atomic E-state index is -0.903. The molecule has 1 saturated heterocycles. The Labute approximate surface area is 199 Å². The monoisotopic (exact) mass is 469 g/mol. The van der Waals surface area contributed by atoms with Gasteiger partial charge in [-0.15, -0.1) is 0 Å². The Morgan fingerprint density at radius 3 is 2.47 bits per heavy atom. The van der Waals surface area contributed by atoms with Crippen molar-refractivity contribution in [1.29, 1.82) is 0 Å². The summed E-state index contributed by atoms with van der Waals surface area (Å²) in [5.74, 6) is 0.950. The van der Waals surface area contributed by atoms with Gasteiger partial charge in [0.05, 0.1) is 32.8 Å². The lowest BCUT2D eigenvalue weighted by Crippen LogP contribution is -2.37. The number of carbonyl (C=O) groups excluding carboxylic acids is 2. The molecule has 8 heteroatoms. The summed E-state index contributed by atoms with van der Waals surface area (Å²) < 4.78 is 28.5.